The first kappa shape index (κ1) is 20.2. The third-order valence-electron chi connectivity index (χ3n) is 5.29. The van der Waals surface area contributed by atoms with E-state index in [4.69, 9.17) is 4.74 Å². The maximum absolute atomic E-state index is 12.9. The molecule has 3 aromatic rings. The van der Waals surface area contributed by atoms with Crippen LogP contribution in [0.2, 0.25) is 0 Å². The molecular weight excluding hydrogens is 400 g/mol. The summed E-state index contributed by atoms with van der Waals surface area (Å²) in [5.74, 6) is 0.282. The minimum absolute atomic E-state index is 0.0504. The Morgan fingerprint density at radius 3 is 2.60 bits per heavy atom. The van der Waals surface area contributed by atoms with Crippen LogP contribution in [0.4, 0.5) is 11.4 Å². The molecule has 0 aromatic heterocycles. The maximum atomic E-state index is 12.9. The molecular formula is C23H24N2O4S. The van der Waals surface area contributed by atoms with E-state index in [0.29, 0.717) is 17.1 Å². The van der Waals surface area contributed by atoms with E-state index in [1.165, 1.54) is 0 Å². The zero-order valence-electron chi connectivity index (χ0n) is 17.2. The van der Waals surface area contributed by atoms with Crippen molar-refractivity contribution in [1.82, 2.24) is 0 Å². The number of anilines is 2. The molecule has 4 rings (SSSR count). The van der Waals surface area contributed by atoms with Crippen molar-refractivity contribution in [3.8, 4) is 5.75 Å². The summed E-state index contributed by atoms with van der Waals surface area (Å²) in [4.78, 5) is 14.1. The van der Waals surface area contributed by atoms with E-state index in [1.807, 2.05) is 56.3 Å². The Balaban J connectivity index is 1.60. The zero-order valence-corrected chi connectivity index (χ0v) is 18.0. The number of hydrogen-bond donors (Lipinski definition) is 1. The average molecular weight is 425 g/mol. The molecule has 0 radical (unpaired) electrons. The smallest absolute Gasteiger partial charge is 0.236 e. The van der Waals surface area contributed by atoms with Crippen LogP contribution in [0.1, 0.15) is 19.4 Å². The monoisotopic (exact) mass is 424 g/mol. The summed E-state index contributed by atoms with van der Waals surface area (Å²) in [7, 11) is -1.95. The molecule has 1 aliphatic heterocycles. The summed E-state index contributed by atoms with van der Waals surface area (Å²) in [6.45, 7) is 3.87. The highest BCUT2D eigenvalue weighted by Crippen LogP contribution is 2.37. The fraction of sp³-hybridized carbons (Fsp3) is 0.261. The lowest BCUT2D eigenvalue weighted by Gasteiger charge is -2.24. The lowest BCUT2D eigenvalue weighted by atomic mass is 9.93. The van der Waals surface area contributed by atoms with Gasteiger partial charge in [-0.05, 0) is 42.3 Å². The van der Waals surface area contributed by atoms with Gasteiger partial charge < -0.3 is 9.64 Å². The van der Waals surface area contributed by atoms with Gasteiger partial charge in [-0.15, -0.1) is 0 Å². The van der Waals surface area contributed by atoms with Gasteiger partial charge in [0.25, 0.3) is 0 Å². The second kappa shape index (κ2) is 7.32. The number of amides is 1. The van der Waals surface area contributed by atoms with Crippen LogP contribution >= 0.6 is 0 Å². The van der Waals surface area contributed by atoms with Crippen LogP contribution in [0.15, 0.2) is 60.7 Å². The molecule has 0 fully saturated rings. The van der Waals surface area contributed by atoms with E-state index >= 15 is 0 Å². The fourth-order valence-electron chi connectivity index (χ4n) is 3.69. The minimum atomic E-state index is -3.65. The van der Waals surface area contributed by atoms with Crippen LogP contribution in [0, 0.1) is 5.41 Å². The second-order valence-electron chi connectivity index (χ2n) is 8.22. The number of sulfonamides is 1. The van der Waals surface area contributed by atoms with Gasteiger partial charge >= 0.3 is 0 Å². The Morgan fingerprint density at radius 1 is 1.07 bits per heavy atom. The first-order valence-electron chi connectivity index (χ1n) is 9.68. The van der Waals surface area contributed by atoms with Gasteiger partial charge in [0.05, 0.1) is 22.5 Å². The van der Waals surface area contributed by atoms with E-state index in [-0.39, 0.29) is 18.3 Å². The van der Waals surface area contributed by atoms with Gasteiger partial charge in [0.1, 0.15) is 12.4 Å². The summed E-state index contributed by atoms with van der Waals surface area (Å²) in [6, 6.07) is 18.3. The summed E-state index contributed by atoms with van der Waals surface area (Å²) < 4.78 is 34.2. The van der Waals surface area contributed by atoms with E-state index < -0.39 is 15.4 Å². The Morgan fingerprint density at radius 2 is 1.80 bits per heavy atom. The topological polar surface area (TPSA) is 75.7 Å². The highest BCUT2D eigenvalue weighted by atomic mass is 32.2. The van der Waals surface area contributed by atoms with Crippen LogP contribution in [0.5, 0.6) is 5.75 Å². The van der Waals surface area contributed by atoms with E-state index in [2.05, 4.69) is 4.72 Å². The number of hydrogen-bond acceptors (Lipinski definition) is 4. The zero-order chi connectivity index (χ0) is 21.5. The molecule has 6 nitrogen and oxygen atoms in total. The van der Waals surface area contributed by atoms with Gasteiger partial charge in [-0.2, -0.15) is 0 Å². The summed E-state index contributed by atoms with van der Waals surface area (Å²) >= 11 is 0. The predicted octanol–water partition coefficient (Wildman–Crippen LogP) is 4.16. The standard InChI is InChI=1S/C23H24N2O4S/c1-23(2)15-29-21-13-18(11-12-20(21)25(3)22(23)26)24-30(27,28)14-17-9-6-8-16-7-4-5-10-19(16)17/h4-13,24H,14-15H2,1-3H3. The van der Waals surface area contributed by atoms with Crippen molar-refractivity contribution in [2.24, 2.45) is 5.41 Å². The maximum Gasteiger partial charge on any atom is 0.236 e. The molecule has 1 heterocycles. The molecule has 156 valence electrons. The molecule has 1 aliphatic rings. The molecule has 1 N–H and O–H groups in total. The molecule has 30 heavy (non-hydrogen) atoms. The Hall–Kier alpha value is -3.06. The van der Waals surface area contributed by atoms with Crippen molar-refractivity contribution in [2.45, 2.75) is 19.6 Å². The largest absolute Gasteiger partial charge is 0.490 e. The van der Waals surface area contributed by atoms with Crippen molar-refractivity contribution >= 4 is 38.1 Å². The number of fused-ring (bicyclic) bond motifs is 2. The Kier molecular flexibility index (Phi) is 4.94. The number of rotatable bonds is 4. The van der Waals surface area contributed by atoms with Crippen LogP contribution in [-0.4, -0.2) is 28.0 Å². The summed E-state index contributed by atoms with van der Waals surface area (Å²) in [6.07, 6.45) is 0. The molecule has 0 unspecified atom stereocenters. The number of nitrogens with one attached hydrogen (secondary N) is 1. The summed E-state index contributed by atoms with van der Waals surface area (Å²) in [5.41, 5.74) is 1.08. The van der Waals surface area contributed by atoms with Gasteiger partial charge in [-0.25, -0.2) is 8.42 Å². The SMILES string of the molecule is CN1C(=O)C(C)(C)COc2cc(NS(=O)(=O)Cc3cccc4ccccc34)ccc21. The van der Waals surface area contributed by atoms with Gasteiger partial charge in [-0.1, -0.05) is 42.5 Å². The number of carbonyl (C=O) groups is 1. The number of ether oxygens (including phenoxy) is 1. The molecule has 0 aliphatic carbocycles. The van der Waals surface area contributed by atoms with Gasteiger partial charge in [0.15, 0.2) is 0 Å². The van der Waals surface area contributed by atoms with E-state index in [1.54, 1.807) is 30.1 Å². The lowest BCUT2D eigenvalue weighted by Crippen LogP contribution is -2.39. The number of carbonyl (C=O) groups excluding carboxylic acids is 1. The molecule has 0 saturated carbocycles. The lowest BCUT2D eigenvalue weighted by molar-refractivity contribution is -0.127. The molecule has 1 amide bonds. The first-order valence-corrected chi connectivity index (χ1v) is 11.3. The molecule has 0 spiro atoms. The van der Waals surface area contributed by atoms with Crippen molar-refractivity contribution in [3.63, 3.8) is 0 Å². The second-order valence-corrected chi connectivity index (χ2v) is 9.94. The minimum Gasteiger partial charge on any atom is -0.490 e. The normalized spacial score (nSPS) is 16.0. The fourth-order valence-corrected chi connectivity index (χ4v) is 4.91. The number of benzene rings is 3. The molecule has 3 aromatic carbocycles. The predicted molar refractivity (Wildman–Crippen MR) is 119 cm³/mol. The third kappa shape index (κ3) is 3.85. The molecule has 7 heteroatoms. The van der Waals surface area contributed by atoms with Crippen LogP contribution in [0.25, 0.3) is 10.8 Å². The Labute approximate surface area is 176 Å². The quantitative estimate of drug-likeness (QED) is 0.682. The van der Waals surface area contributed by atoms with Gasteiger partial charge in [0, 0.05) is 13.1 Å². The van der Waals surface area contributed by atoms with Crippen molar-refractivity contribution < 1.29 is 17.9 Å². The highest BCUT2D eigenvalue weighted by molar-refractivity contribution is 7.91. The molecule has 0 saturated heterocycles. The molecule has 0 atom stereocenters. The Bertz CT molecular complexity index is 1230. The van der Waals surface area contributed by atoms with Gasteiger partial charge in [0.2, 0.25) is 15.9 Å². The van der Waals surface area contributed by atoms with Crippen LogP contribution < -0.4 is 14.4 Å². The third-order valence-corrected chi connectivity index (χ3v) is 6.53. The van der Waals surface area contributed by atoms with Crippen molar-refractivity contribution in [3.05, 3.63) is 66.2 Å². The van der Waals surface area contributed by atoms with Gasteiger partial charge in [-0.3, -0.25) is 9.52 Å². The van der Waals surface area contributed by atoms with E-state index in [9.17, 15) is 13.2 Å². The van der Waals surface area contributed by atoms with Crippen LogP contribution in [0.3, 0.4) is 0 Å². The van der Waals surface area contributed by atoms with E-state index in [0.717, 1.165) is 16.3 Å². The first-order chi connectivity index (χ1) is 14.2. The van der Waals surface area contributed by atoms with Crippen LogP contribution in [-0.2, 0) is 20.6 Å². The van der Waals surface area contributed by atoms with Crippen molar-refractivity contribution in [1.29, 1.82) is 0 Å². The molecule has 0 bridgehead atoms. The highest BCUT2D eigenvalue weighted by Gasteiger charge is 2.36. The average Bonchev–Trinajstić information content (AvgIpc) is 2.78. The number of nitrogens with zero attached hydrogens (tertiary/aromatic N) is 1. The van der Waals surface area contributed by atoms with Crippen molar-refractivity contribution in [2.75, 3.05) is 23.3 Å². The summed E-state index contributed by atoms with van der Waals surface area (Å²) in [5, 5.41) is 1.91.